The molecule has 0 aromatic rings. The van der Waals surface area contributed by atoms with Gasteiger partial charge in [0.1, 0.15) is 6.17 Å². The largest absolute Gasteiger partial charge is 0.289 e. The third kappa shape index (κ3) is 1.57. The van der Waals surface area contributed by atoms with Crippen LogP contribution in [0.5, 0.6) is 0 Å². The lowest BCUT2D eigenvalue weighted by atomic mass is 9.82. The second-order valence-corrected chi connectivity index (χ2v) is 5.33. The van der Waals surface area contributed by atoms with Crippen LogP contribution in [0.2, 0.25) is 0 Å². The summed E-state index contributed by atoms with van der Waals surface area (Å²) >= 11 is 0. The lowest BCUT2D eigenvalue weighted by molar-refractivity contribution is -0.0933. The van der Waals surface area contributed by atoms with Crippen molar-refractivity contribution in [1.82, 2.24) is 4.90 Å². The second kappa shape index (κ2) is 3.37. The first-order valence-corrected chi connectivity index (χ1v) is 5.64. The van der Waals surface area contributed by atoms with E-state index in [2.05, 4.69) is 0 Å². The summed E-state index contributed by atoms with van der Waals surface area (Å²) in [6.07, 6.45) is -0.764. The zero-order valence-corrected chi connectivity index (χ0v) is 9.27. The number of rotatable bonds is 2. The first-order valence-electron chi connectivity index (χ1n) is 5.64. The summed E-state index contributed by atoms with van der Waals surface area (Å²) < 4.78 is 41.1. The highest BCUT2D eigenvalue weighted by Crippen LogP contribution is 2.52. The van der Waals surface area contributed by atoms with Gasteiger partial charge in [-0.3, -0.25) is 4.90 Å². The molecule has 15 heavy (non-hydrogen) atoms. The number of nitrogens with zero attached hydrogens (tertiary/aromatic N) is 1. The lowest BCUT2D eigenvalue weighted by Crippen LogP contribution is -2.50. The highest BCUT2D eigenvalue weighted by Gasteiger charge is 2.65. The molecular weight excluding hydrogens is 203 g/mol. The normalized spacial score (nSPS) is 40.0. The van der Waals surface area contributed by atoms with Gasteiger partial charge in [-0.2, -0.15) is 0 Å². The summed E-state index contributed by atoms with van der Waals surface area (Å²) in [4.78, 5) is 1.68. The van der Waals surface area contributed by atoms with E-state index in [4.69, 9.17) is 0 Å². The average molecular weight is 221 g/mol. The van der Waals surface area contributed by atoms with E-state index in [9.17, 15) is 13.2 Å². The van der Waals surface area contributed by atoms with Crippen molar-refractivity contribution in [3.8, 4) is 0 Å². The predicted molar refractivity (Wildman–Crippen MR) is 52.8 cm³/mol. The second-order valence-electron chi connectivity index (χ2n) is 5.33. The molecule has 88 valence electrons. The molecule has 2 atom stereocenters. The maximum atomic E-state index is 13.9. The summed E-state index contributed by atoms with van der Waals surface area (Å²) in [5.74, 6) is -2.53. The Morgan fingerprint density at radius 1 is 1.40 bits per heavy atom. The van der Waals surface area contributed by atoms with Crippen molar-refractivity contribution in [2.24, 2.45) is 5.92 Å². The van der Waals surface area contributed by atoms with Gasteiger partial charge < -0.3 is 0 Å². The Morgan fingerprint density at radius 2 is 2.07 bits per heavy atom. The summed E-state index contributed by atoms with van der Waals surface area (Å²) in [7, 11) is 0. The molecule has 2 saturated heterocycles. The van der Waals surface area contributed by atoms with Crippen LogP contribution in [0.1, 0.15) is 33.1 Å². The molecule has 0 aromatic carbocycles. The Bertz CT molecular complexity index is 254. The Balaban J connectivity index is 2.28. The van der Waals surface area contributed by atoms with E-state index in [-0.39, 0.29) is 25.3 Å². The summed E-state index contributed by atoms with van der Waals surface area (Å²) in [5, 5.41) is 0. The zero-order chi connectivity index (χ0) is 11.3. The third-order valence-corrected chi connectivity index (χ3v) is 3.71. The van der Waals surface area contributed by atoms with Gasteiger partial charge in [0.2, 0.25) is 0 Å². The van der Waals surface area contributed by atoms with Gasteiger partial charge in [-0.05, 0) is 12.3 Å². The van der Waals surface area contributed by atoms with Crippen molar-refractivity contribution in [2.75, 3.05) is 13.1 Å². The minimum absolute atomic E-state index is 0.0121. The van der Waals surface area contributed by atoms with Crippen LogP contribution in [-0.4, -0.2) is 35.6 Å². The monoisotopic (exact) mass is 221 g/mol. The Hall–Kier alpha value is -0.250. The van der Waals surface area contributed by atoms with Crippen molar-refractivity contribution in [3.05, 3.63) is 0 Å². The minimum atomic E-state index is -2.71. The summed E-state index contributed by atoms with van der Waals surface area (Å²) in [5.41, 5.74) is -1.18. The van der Waals surface area contributed by atoms with Crippen molar-refractivity contribution in [2.45, 2.75) is 50.7 Å². The van der Waals surface area contributed by atoms with E-state index in [1.54, 1.807) is 4.90 Å². The fraction of sp³-hybridized carbons (Fsp3) is 1.00. The van der Waals surface area contributed by atoms with E-state index < -0.39 is 17.6 Å². The van der Waals surface area contributed by atoms with Crippen LogP contribution in [0.25, 0.3) is 0 Å². The molecule has 0 aliphatic carbocycles. The standard InChI is InChI=1S/C11H18F3N/c1-8(2)5-10-6-9(12)7-15(10)4-3-11(10,13)14/h8-9H,3-7H2,1-2H3/t9-,10-/m1/s1. The van der Waals surface area contributed by atoms with Gasteiger partial charge in [0.25, 0.3) is 5.92 Å². The quantitative estimate of drug-likeness (QED) is 0.693. The minimum Gasteiger partial charge on any atom is -0.289 e. The smallest absolute Gasteiger partial charge is 0.267 e. The number of fused-ring (bicyclic) bond motifs is 1. The molecular formula is C11H18F3N. The Labute approximate surface area is 88.6 Å². The Kier molecular flexibility index (Phi) is 2.53. The molecule has 0 bridgehead atoms. The van der Waals surface area contributed by atoms with Crippen molar-refractivity contribution in [3.63, 3.8) is 0 Å². The predicted octanol–water partition coefficient (Wildman–Crippen LogP) is 2.85. The number of halogens is 3. The number of hydrogen-bond donors (Lipinski definition) is 0. The van der Waals surface area contributed by atoms with E-state index in [0.29, 0.717) is 13.0 Å². The molecule has 0 unspecified atom stereocenters. The maximum absolute atomic E-state index is 13.9. The van der Waals surface area contributed by atoms with Crippen molar-refractivity contribution < 1.29 is 13.2 Å². The van der Waals surface area contributed by atoms with Crippen molar-refractivity contribution >= 4 is 0 Å². The fourth-order valence-corrected chi connectivity index (χ4v) is 3.21. The van der Waals surface area contributed by atoms with E-state index in [1.165, 1.54) is 0 Å². The molecule has 1 nitrogen and oxygen atoms in total. The molecule has 0 spiro atoms. The molecule has 2 aliphatic heterocycles. The van der Waals surface area contributed by atoms with Crippen LogP contribution < -0.4 is 0 Å². The van der Waals surface area contributed by atoms with Gasteiger partial charge in [-0.25, -0.2) is 13.2 Å². The molecule has 0 radical (unpaired) electrons. The van der Waals surface area contributed by atoms with Gasteiger partial charge in [0, 0.05) is 25.9 Å². The van der Waals surface area contributed by atoms with Gasteiger partial charge in [0.05, 0.1) is 5.54 Å². The highest BCUT2D eigenvalue weighted by atomic mass is 19.3. The molecule has 0 N–H and O–H groups in total. The first kappa shape index (κ1) is 11.2. The molecule has 2 aliphatic rings. The molecule has 4 heteroatoms. The lowest BCUT2D eigenvalue weighted by Gasteiger charge is -2.37. The fourth-order valence-electron chi connectivity index (χ4n) is 3.21. The highest BCUT2D eigenvalue weighted by molar-refractivity contribution is 5.13. The molecule has 2 fully saturated rings. The zero-order valence-electron chi connectivity index (χ0n) is 9.27. The number of hydrogen-bond acceptors (Lipinski definition) is 1. The molecule has 0 amide bonds. The third-order valence-electron chi connectivity index (χ3n) is 3.71. The van der Waals surface area contributed by atoms with Crippen LogP contribution >= 0.6 is 0 Å². The SMILES string of the molecule is CC(C)C[C@]12C[C@@H](F)CN1CCC2(F)F. The van der Waals surface area contributed by atoms with Gasteiger partial charge >= 0.3 is 0 Å². The maximum Gasteiger partial charge on any atom is 0.267 e. The topological polar surface area (TPSA) is 3.24 Å². The van der Waals surface area contributed by atoms with Gasteiger partial charge in [-0.15, -0.1) is 0 Å². The van der Waals surface area contributed by atoms with Crippen LogP contribution in [0.3, 0.4) is 0 Å². The average Bonchev–Trinajstić information content (AvgIpc) is 2.48. The summed E-state index contributed by atoms with van der Waals surface area (Å²) in [6.45, 7) is 4.39. The van der Waals surface area contributed by atoms with Gasteiger partial charge in [-0.1, -0.05) is 13.8 Å². The molecule has 0 aromatic heterocycles. The molecule has 0 saturated carbocycles. The van der Waals surface area contributed by atoms with Crippen molar-refractivity contribution in [1.29, 1.82) is 0 Å². The molecule has 2 rings (SSSR count). The number of alkyl halides is 3. The van der Waals surface area contributed by atoms with E-state index in [0.717, 1.165) is 0 Å². The summed E-state index contributed by atoms with van der Waals surface area (Å²) in [6, 6.07) is 0. The van der Waals surface area contributed by atoms with E-state index >= 15 is 0 Å². The first-order chi connectivity index (χ1) is 6.87. The van der Waals surface area contributed by atoms with Crippen LogP contribution in [0.4, 0.5) is 13.2 Å². The van der Waals surface area contributed by atoms with Crippen LogP contribution in [0.15, 0.2) is 0 Å². The van der Waals surface area contributed by atoms with Crippen LogP contribution in [0, 0.1) is 5.92 Å². The Morgan fingerprint density at radius 3 is 2.67 bits per heavy atom. The molecule has 2 heterocycles. The van der Waals surface area contributed by atoms with Crippen LogP contribution in [-0.2, 0) is 0 Å². The van der Waals surface area contributed by atoms with E-state index in [1.807, 2.05) is 13.8 Å². The van der Waals surface area contributed by atoms with Gasteiger partial charge in [0.15, 0.2) is 0 Å².